The van der Waals surface area contributed by atoms with E-state index in [1.165, 1.54) is 0 Å². The number of nitrogens with zero attached hydrogens (tertiary/aromatic N) is 6. The number of carbonyl (C=O) groups excluding carboxylic acids is 1. The number of aromatic amines is 2. The Balaban J connectivity index is 1.22. The molecule has 10 nitrogen and oxygen atoms in total. The van der Waals surface area contributed by atoms with Crippen LogP contribution in [0.5, 0.6) is 0 Å². The van der Waals surface area contributed by atoms with E-state index in [1.807, 2.05) is 24.4 Å². The SMILES string of the molecule is CN1CCN(c2nccc3[nH]c(-c4n[nH]c5cnc(-c6cncc(NC(=O)C7CCC7)c6)cc45)cc23)CC1. The Bertz CT molecular complexity index is 1640. The molecule has 3 N–H and O–H groups in total. The van der Waals surface area contributed by atoms with Crippen LogP contribution in [0.3, 0.4) is 0 Å². The lowest BCUT2D eigenvalue weighted by Crippen LogP contribution is -2.44. The summed E-state index contributed by atoms with van der Waals surface area (Å²) in [5, 5.41) is 12.8. The molecule has 7 rings (SSSR count). The predicted molar refractivity (Wildman–Crippen MR) is 148 cm³/mol. The van der Waals surface area contributed by atoms with Crippen molar-refractivity contribution in [2.75, 3.05) is 43.4 Å². The average Bonchev–Trinajstić information content (AvgIpc) is 3.52. The highest BCUT2D eigenvalue weighted by Gasteiger charge is 2.25. The van der Waals surface area contributed by atoms with E-state index in [9.17, 15) is 4.79 Å². The molecule has 5 aromatic heterocycles. The minimum Gasteiger partial charge on any atom is -0.353 e. The molecule has 1 saturated heterocycles. The van der Waals surface area contributed by atoms with Crippen LogP contribution in [0.2, 0.25) is 0 Å². The Hall–Kier alpha value is -4.31. The van der Waals surface area contributed by atoms with Gasteiger partial charge in [0.05, 0.1) is 40.5 Å². The van der Waals surface area contributed by atoms with E-state index in [-0.39, 0.29) is 11.8 Å². The maximum absolute atomic E-state index is 12.4. The van der Waals surface area contributed by atoms with Crippen LogP contribution in [-0.4, -0.2) is 74.2 Å². The first-order valence-electron chi connectivity index (χ1n) is 13.1. The summed E-state index contributed by atoms with van der Waals surface area (Å²) in [6, 6.07) is 8.10. The van der Waals surface area contributed by atoms with Crippen molar-refractivity contribution in [1.82, 2.24) is 35.0 Å². The Morgan fingerprint density at radius 1 is 1.00 bits per heavy atom. The average molecular weight is 508 g/mol. The summed E-state index contributed by atoms with van der Waals surface area (Å²) in [5.74, 6) is 1.19. The number of likely N-dealkylation sites (N-methyl/N-ethyl adjacent to an activating group) is 1. The first-order valence-corrected chi connectivity index (χ1v) is 13.1. The topological polar surface area (TPSA) is 119 Å². The zero-order chi connectivity index (χ0) is 25.6. The van der Waals surface area contributed by atoms with Crippen molar-refractivity contribution in [2.24, 2.45) is 5.92 Å². The van der Waals surface area contributed by atoms with Gasteiger partial charge >= 0.3 is 0 Å². The molecule has 1 saturated carbocycles. The number of pyridine rings is 3. The van der Waals surface area contributed by atoms with Gasteiger partial charge in [0.15, 0.2) is 0 Å². The Morgan fingerprint density at radius 3 is 2.68 bits per heavy atom. The molecule has 1 aliphatic heterocycles. The molecule has 0 atom stereocenters. The van der Waals surface area contributed by atoms with Crippen molar-refractivity contribution in [1.29, 1.82) is 0 Å². The van der Waals surface area contributed by atoms with E-state index < -0.39 is 0 Å². The van der Waals surface area contributed by atoms with Crippen molar-refractivity contribution in [2.45, 2.75) is 19.3 Å². The summed E-state index contributed by atoms with van der Waals surface area (Å²) in [6.45, 7) is 3.96. The van der Waals surface area contributed by atoms with Crippen molar-refractivity contribution in [3.05, 3.63) is 49.1 Å². The van der Waals surface area contributed by atoms with Gasteiger partial charge in [0.25, 0.3) is 0 Å². The molecule has 192 valence electrons. The number of carbonyl (C=O) groups is 1. The van der Waals surface area contributed by atoms with Crippen LogP contribution in [0, 0.1) is 5.92 Å². The monoisotopic (exact) mass is 507 g/mol. The van der Waals surface area contributed by atoms with E-state index in [0.29, 0.717) is 5.69 Å². The number of anilines is 2. The van der Waals surface area contributed by atoms with Crippen LogP contribution < -0.4 is 10.2 Å². The number of aromatic nitrogens is 6. The van der Waals surface area contributed by atoms with Crippen LogP contribution in [0.4, 0.5) is 11.5 Å². The van der Waals surface area contributed by atoms with Gasteiger partial charge in [0.1, 0.15) is 11.5 Å². The molecule has 6 heterocycles. The lowest BCUT2D eigenvalue weighted by molar-refractivity contribution is -0.122. The molecule has 0 spiro atoms. The minimum absolute atomic E-state index is 0.0694. The van der Waals surface area contributed by atoms with Crippen molar-refractivity contribution >= 4 is 39.2 Å². The number of nitrogens with one attached hydrogen (secondary N) is 3. The molecule has 5 aromatic rings. The zero-order valence-electron chi connectivity index (χ0n) is 21.2. The highest BCUT2D eigenvalue weighted by atomic mass is 16.1. The number of piperazine rings is 1. The predicted octanol–water partition coefficient (Wildman–Crippen LogP) is 4.05. The van der Waals surface area contributed by atoms with Gasteiger partial charge in [-0.1, -0.05) is 6.42 Å². The van der Waals surface area contributed by atoms with Crippen molar-refractivity contribution in [3.63, 3.8) is 0 Å². The first kappa shape index (κ1) is 22.9. The van der Waals surface area contributed by atoms with Gasteiger partial charge in [-0.2, -0.15) is 5.10 Å². The maximum Gasteiger partial charge on any atom is 0.227 e. The van der Waals surface area contributed by atoms with E-state index in [2.05, 4.69) is 53.4 Å². The third-order valence-electron chi connectivity index (χ3n) is 7.81. The fraction of sp³-hybridized carbons (Fsp3) is 0.321. The van der Waals surface area contributed by atoms with Crippen LogP contribution >= 0.6 is 0 Å². The highest BCUT2D eigenvalue weighted by molar-refractivity contribution is 5.99. The standard InChI is InChI=1S/C28H29N9O/c1-36-7-9-37(10-8-36)27-21-13-24(33-22(21)5-6-30-27)26-20-12-23(31-16-25(20)34-35-26)18-11-19(15-29-14-18)32-28(38)17-3-2-4-17/h5-6,11-17,33H,2-4,7-10H2,1H3,(H,32,38)(H,34,35). The summed E-state index contributed by atoms with van der Waals surface area (Å²) in [5.41, 5.74) is 5.92. The molecule has 2 aliphatic rings. The maximum atomic E-state index is 12.4. The van der Waals surface area contributed by atoms with Crippen LogP contribution in [0.1, 0.15) is 19.3 Å². The second kappa shape index (κ2) is 9.21. The van der Waals surface area contributed by atoms with E-state index in [4.69, 9.17) is 4.98 Å². The summed E-state index contributed by atoms with van der Waals surface area (Å²) in [4.78, 5) is 34.4. The molecule has 0 radical (unpaired) electrons. The number of amides is 1. The number of rotatable bonds is 5. The second-order valence-electron chi connectivity index (χ2n) is 10.3. The van der Waals surface area contributed by atoms with Crippen LogP contribution in [0.25, 0.3) is 44.5 Å². The molecule has 1 amide bonds. The highest BCUT2D eigenvalue weighted by Crippen LogP contribution is 2.34. The van der Waals surface area contributed by atoms with Gasteiger partial charge in [0, 0.05) is 60.8 Å². The first-order chi connectivity index (χ1) is 18.6. The van der Waals surface area contributed by atoms with Gasteiger partial charge in [0.2, 0.25) is 5.91 Å². The molecule has 38 heavy (non-hydrogen) atoms. The molecule has 10 heteroatoms. The van der Waals surface area contributed by atoms with Gasteiger partial charge in [-0.25, -0.2) is 4.98 Å². The summed E-state index contributed by atoms with van der Waals surface area (Å²) in [7, 11) is 2.16. The lowest BCUT2D eigenvalue weighted by atomic mass is 9.85. The summed E-state index contributed by atoms with van der Waals surface area (Å²) < 4.78 is 0. The largest absolute Gasteiger partial charge is 0.353 e. The van der Waals surface area contributed by atoms with E-state index >= 15 is 0 Å². The van der Waals surface area contributed by atoms with E-state index in [0.717, 1.165) is 95.7 Å². The van der Waals surface area contributed by atoms with Gasteiger partial charge in [-0.05, 0) is 44.2 Å². The molecular formula is C28H29N9O. The van der Waals surface area contributed by atoms with Gasteiger partial charge in [-0.3, -0.25) is 19.9 Å². The van der Waals surface area contributed by atoms with Crippen molar-refractivity contribution < 1.29 is 4.79 Å². The molecule has 0 aromatic carbocycles. The second-order valence-corrected chi connectivity index (χ2v) is 10.3. The van der Waals surface area contributed by atoms with Crippen LogP contribution in [-0.2, 0) is 4.79 Å². The molecule has 0 unspecified atom stereocenters. The molecular weight excluding hydrogens is 478 g/mol. The number of fused-ring (bicyclic) bond motifs is 2. The zero-order valence-corrected chi connectivity index (χ0v) is 21.2. The number of H-pyrrole nitrogens is 2. The molecule has 0 bridgehead atoms. The summed E-state index contributed by atoms with van der Waals surface area (Å²) in [6.07, 6.45) is 10.1. The quantitative estimate of drug-likeness (QED) is 0.328. The third-order valence-corrected chi connectivity index (χ3v) is 7.81. The minimum atomic E-state index is 0.0694. The molecule has 1 aliphatic carbocycles. The van der Waals surface area contributed by atoms with E-state index in [1.54, 1.807) is 18.6 Å². The van der Waals surface area contributed by atoms with Gasteiger partial charge in [-0.15, -0.1) is 0 Å². The third kappa shape index (κ3) is 4.06. The fourth-order valence-corrected chi connectivity index (χ4v) is 5.28. The Labute approximate surface area is 219 Å². The fourth-order valence-electron chi connectivity index (χ4n) is 5.28. The number of hydrogen-bond acceptors (Lipinski definition) is 7. The van der Waals surface area contributed by atoms with Gasteiger partial charge < -0.3 is 20.1 Å². The normalized spacial score (nSPS) is 16.7. The smallest absolute Gasteiger partial charge is 0.227 e. The lowest BCUT2D eigenvalue weighted by Gasteiger charge is -2.33. The van der Waals surface area contributed by atoms with Crippen molar-refractivity contribution in [3.8, 4) is 22.6 Å². The Kier molecular flexibility index (Phi) is 5.54. The number of hydrogen-bond donors (Lipinski definition) is 3. The van der Waals surface area contributed by atoms with Crippen LogP contribution in [0.15, 0.2) is 49.1 Å². The summed E-state index contributed by atoms with van der Waals surface area (Å²) >= 11 is 0. The molecule has 2 fully saturated rings. The Morgan fingerprint density at radius 2 is 1.87 bits per heavy atom.